The summed E-state index contributed by atoms with van der Waals surface area (Å²) in [7, 11) is 0. The van der Waals surface area contributed by atoms with Gasteiger partial charge in [0.05, 0.1) is 0 Å². The van der Waals surface area contributed by atoms with Gasteiger partial charge in [-0.2, -0.15) is 0 Å². The smallest absolute Gasteiger partial charge is 0.124 e. The Morgan fingerprint density at radius 1 is 1.38 bits per heavy atom. The second-order valence-electron chi connectivity index (χ2n) is 2.51. The number of fused-ring (bicyclic) bond motifs is 1. The first-order valence-electron chi connectivity index (χ1n) is 3.97. The van der Waals surface area contributed by atoms with E-state index >= 15 is 0 Å². The van der Waals surface area contributed by atoms with Crippen LogP contribution in [0.1, 0.15) is 6.92 Å². The van der Waals surface area contributed by atoms with Gasteiger partial charge in [-0.25, -0.2) is 4.39 Å². The van der Waals surface area contributed by atoms with E-state index in [0.29, 0.717) is 0 Å². The SMILES string of the molecule is C=CC.Fc1ccc2ccsc2c1. The van der Waals surface area contributed by atoms with E-state index in [9.17, 15) is 4.39 Å². The van der Waals surface area contributed by atoms with E-state index < -0.39 is 0 Å². The molecule has 1 aromatic carbocycles. The molecule has 0 atom stereocenters. The number of halogens is 1. The molecular weight excluding hydrogens is 183 g/mol. The number of hydrogen-bond acceptors (Lipinski definition) is 1. The second-order valence-corrected chi connectivity index (χ2v) is 3.46. The average molecular weight is 194 g/mol. The third-order valence-corrected chi connectivity index (χ3v) is 2.30. The summed E-state index contributed by atoms with van der Waals surface area (Å²) in [4.78, 5) is 0. The van der Waals surface area contributed by atoms with Crippen molar-refractivity contribution < 1.29 is 4.39 Å². The molecule has 0 spiro atoms. The fourth-order valence-corrected chi connectivity index (χ4v) is 1.74. The van der Waals surface area contributed by atoms with Crippen molar-refractivity contribution in [1.29, 1.82) is 0 Å². The minimum absolute atomic E-state index is 0.157. The maximum Gasteiger partial charge on any atom is 0.124 e. The fraction of sp³-hybridized carbons (Fsp3) is 0.0909. The summed E-state index contributed by atoms with van der Waals surface area (Å²) in [6, 6.07) is 6.82. The Morgan fingerprint density at radius 2 is 2.08 bits per heavy atom. The Hall–Kier alpha value is -1.15. The van der Waals surface area contributed by atoms with Crippen LogP contribution in [0.3, 0.4) is 0 Å². The highest BCUT2D eigenvalue weighted by molar-refractivity contribution is 7.17. The van der Waals surface area contributed by atoms with Gasteiger partial charge in [-0.3, -0.25) is 0 Å². The molecule has 0 aliphatic carbocycles. The van der Waals surface area contributed by atoms with E-state index in [1.54, 1.807) is 29.5 Å². The quantitative estimate of drug-likeness (QED) is 0.550. The normalized spacial score (nSPS) is 9.08. The Kier molecular flexibility index (Phi) is 3.65. The summed E-state index contributed by atoms with van der Waals surface area (Å²) in [5.74, 6) is -0.157. The molecule has 68 valence electrons. The number of thiophene rings is 1. The van der Waals surface area contributed by atoms with Gasteiger partial charge >= 0.3 is 0 Å². The van der Waals surface area contributed by atoms with Crippen molar-refractivity contribution in [3.05, 3.63) is 48.1 Å². The monoisotopic (exact) mass is 194 g/mol. The molecule has 0 aliphatic heterocycles. The maximum atomic E-state index is 12.5. The van der Waals surface area contributed by atoms with Crippen LogP contribution in [-0.2, 0) is 0 Å². The van der Waals surface area contributed by atoms with E-state index in [2.05, 4.69) is 6.58 Å². The molecule has 0 nitrogen and oxygen atoms in total. The molecule has 13 heavy (non-hydrogen) atoms. The van der Waals surface area contributed by atoms with Crippen molar-refractivity contribution in [3.8, 4) is 0 Å². The molecule has 0 saturated carbocycles. The van der Waals surface area contributed by atoms with Crippen molar-refractivity contribution in [3.63, 3.8) is 0 Å². The molecule has 0 N–H and O–H groups in total. The molecule has 0 radical (unpaired) electrons. The van der Waals surface area contributed by atoms with Gasteiger partial charge in [0.1, 0.15) is 5.82 Å². The van der Waals surface area contributed by atoms with Gasteiger partial charge in [-0.05, 0) is 35.9 Å². The average Bonchev–Trinajstić information content (AvgIpc) is 2.52. The topological polar surface area (TPSA) is 0 Å². The summed E-state index contributed by atoms with van der Waals surface area (Å²) in [5.41, 5.74) is 0. The fourth-order valence-electron chi connectivity index (χ4n) is 0.929. The van der Waals surface area contributed by atoms with Crippen LogP contribution in [0.25, 0.3) is 10.1 Å². The molecular formula is C11H11FS. The van der Waals surface area contributed by atoms with Crippen LogP contribution in [-0.4, -0.2) is 0 Å². The zero-order valence-electron chi connectivity index (χ0n) is 7.46. The van der Waals surface area contributed by atoms with Crippen LogP contribution in [0.15, 0.2) is 42.3 Å². The van der Waals surface area contributed by atoms with Gasteiger partial charge in [0.25, 0.3) is 0 Å². The maximum absolute atomic E-state index is 12.5. The van der Waals surface area contributed by atoms with E-state index in [0.717, 1.165) is 10.1 Å². The lowest BCUT2D eigenvalue weighted by Gasteiger charge is -1.86. The molecule has 0 amide bonds. The lowest BCUT2D eigenvalue weighted by atomic mass is 10.3. The minimum Gasteiger partial charge on any atom is -0.207 e. The van der Waals surface area contributed by atoms with Crippen LogP contribution in [0.2, 0.25) is 0 Å². The van der Waals surface area contributed by atoms with Crippen LogP contribution in [0, 0.1) is 5.82 Å². The molecule has 0 fully saturated rings. The molecule has 0 saturated heterocycles. The highest BCUT2D eigenvalue weighted by atomic mass is 32.1. The van der Waals surface area contributed by atoms with E-state index in [4.69, 9.17) is 0 Å². The number of allylic oxidation sites excluding steroid dienone is 1. The van der Waals surface area contributed by atoms with Crippen LogP contribution in [0.5, 0.6) is 0 Å². The van der Waals surface area contributed by atoms with Gasteiger partial charge in [0.2, 0.25) is 0 Å². The standard InChI is InChI=1S/C8H5FS.C3H6/c9-7-2-1-6-3-4-10-8(6)5-7;1-3-2/h1-5H;3H,1H2,2H3. The zero-order valence-corrected chi connectivity index (χ0v) is 8.27. The van der Waals surface area contributed by atoms with Crippen LogP contribution < -0.4 is 0 Å². The zero-order chi connectivity index (χ0) is 9.68. The highest BCUT2D eigenvalue weighted by Gasteiger charge is 1.94. The molecule has 1 heterocycles. The van der Waals surface area contributed by atoms with Gasteiger partial charge in [-0.15, -0.1) is 17.9 Å². The first-order chi connectivity index (χ1) is 6.27. The molecule has 2 heteroatoms. The number of rotatable bonds is 0. The summed E-state index contributed by atoms with van der Waals surface area (Å²) in [5, 5.41) is 3.08. The third-order valence-electron chi connectivity index (χ3n) is 1.42. The molecule has 0 unspecified atom stereocenters. The summed E-state index contributed by atoms with van der Waals surface area (Å²) in [6.45, 7) is 5.25. The first-order valence-corrected chi connectivity index (χ1v) is 4.85. The Bertz CT molecular complexity index is 390. The van der Waals surface area contributed by atoms with E-state index in [-0.39, 0.29) is 5.82 Å². The molecule has 0 bridgehead atoms. The second kappa shape index (κ2) is 4.77. The molecule has 2 rings (SSSR count). The van der Waals surface area contributed by atoms with Gasteiger partial charge in [-0.1, -0.05) is 12.1 Å². The molecule has 0 aliphatic rings. The largest absolute Gasteiger partial charge is 0.207 e. The third kappa shape index (κ3) is 2.67. The Labute approximate surface area is 81.3 Å². The van der Waals surface area contributed by atoms with Crippen molar-refractivity contribution >= 4 is 21.4 Å². The number of hydrogen-bond donors (Lipinski definition) is 0. The molecule has 2 aromatic rings. The minimum atomic E-state index is -0.157. The van der Waals surface area contributed by atoms with E-state index in [1.165, 1.54) is 6.07 Å². The summed E-state index contributed by atoms with van der Waals surface area (Å²) < 4.78 is 13.5. The predicted molar refractivity (Wildman–Crippen MR) is 57.7 cm³/mol. The van der Waals surface area contributed by atoms with E-state index in [1.807, 2.05) is 18.4 Å². The lowest BCUT2D eigenvalue weighted by molar-refractivity contribution is 0.630. The summed E-state index contributed by atoms with van der Waals surface area (Å²) >= 11 is 1.56. The molecule has 1 aromatic heterocycles. The van der Waals surface area contributed by atoms with Crippen molar-refractivity contribution in [2.75, 3.05) is 0 Å². The van der Waals surface area contributed by atoms with Crippen molar-refractivity contribution in [1.82, 2.24) is 0 Å². The van der Waals surface area contributed by atoms with Gasteiger partial charge in [0, 0.05) is 4.70 Å². The van der Waals surface area contributed by atoms with Crippen LogP contribution >= 0.6 is 11.3 Å². The Morgan fingerprint density at radius 3 is 2.77 bits per heavy atom. The van der Waals surface area contributed by atoms with Crippen LogP contribution in [0.4, 0.5) is 4.39 Å². The lowest BCUT2D eigenvalue weighted by Crippen LogP contribution is -1.67. The number of benzene rings is 1. The van der Waals surface area contributed by atoms with Crippen molar-refractivity contribution in [2.24, 2.45) is 0 Å². The van der Waals surface area contributed by atoms with Gasteiger partial charge < -0.3 is 0 Å². The summed E-state index contributed by atoms with van der Waals surface area (Å²) in [6.07, 6.45) is 1.75. The van der Waals surface area contributed by atoms with Crippen molar-refractivity contribution in [2.45, 2.75) is 6.92 Å². The Balaban J connectivity index is 0.000000251. The highest BCUT2D eigenvalue weighted by Crippen LogP contribution is 2.20. The predicted octanol–water partition coefficient (Wildman–Crippen LogP) is 4.23. The first kappa shape index (κ1) is 9.93. The van der Waals surface area contributed by atoms with Gasteiger partial charge in [0.15, 0.2) is 0 Å².